The van der Waals surface area contributed by atoms with E-state index < -0.39 is 0 Å². The fourth-order valence-electron chi connectivity index (χ4n) is 1.41. The van der Waals surface area contributed by atoms with Crippen LogP contribution >= 0.6 is 34.5 Å². The second kappa shape index (κ2) is 5.61. The average Bonchev–Trinajstić information content (AvgIpc) is 2.78. The predicted octanol–water partition coefficient (Wildman–Crippen LogP) is 3.94. The third-order valence-electron chi connectivity index (χ3n) is 2.22. The Bertz CT molecular complexity index is 546. The van der Waals surface area contributed by atoms with Gasteiger partial charge in [0, 0.05) is 10.6 Å². The van der Waals surface area contributed by atoms with E-state index in [1.807, 2.05) is 17.5 Å². The van der Waals surface area contributed by atoms with E-state index in [2.05, 4.69) is 5.32 Å². The van der Waals surface area contributed by atoms with E-state index in [4.69, 9.17) is 23.2 Å². The van der Waals surface area contributed by atoms with Crippen LogP contribution in [-0.2, 0) is 11.2 Å². The highest BCUT2D eigenvalue weighted by Gasteiger charge is 2.09. The lowest BCUT2D eigenvalue weighted by atomic mass is 10.2. The summed E-state index contributed by atoms with van der Waals surface area (Å²) in [4.78, 5) is 12.7. The molecule has 0 atom stereocenters. The molecular formula is C12H9Cl2NO2S. The van der Waals surface area contributed by atoms with Crippen LogP contribution in [0.2, 0.25) is 10.0 Å². The molecule has 1 aromatic carbocycles. The Morgan fingerprint density at radius 3 is 2.56 bits per heavy atom. The number of carbonyl (C=O) groups is 1. The fraction of sp³-hybridized carbons (Fsp3) is 0.0833. The van der Waals surface area contributed by atoms with Crippen molar-refractivity contribution in [2.24, 2.45) is 0 Å². The summed E-state index contributed by atoms with van der Waals surface area (Å²) in [5.74, 6) is -0.343. The molecule has 0 radical (unpaired) electrons. The first kappa shape index (κ1) is 13.2. The number of amides is 1. The molecule has 1 heterocycles. The molecule has 2 aromatic rings. The maximum Gasteiger partial charge on any atom is 0.229 e. The summed E-state index contributed by atoms with van der Waals surface area (Å²) in [5, 5.41) is 14.2. The molecule has 0 aliphatic carbocycles. The van der Waals surface area contributed by atoms with Crippen molar-refractivity contribution in [2.45, 2.75) is 6.42 Å². The molecule has 0 fully saturated rings. The Balaban J connectivity index is 2.07. The van der Waals surface area contributed by atoms with E-state index in [0.717, 1.165) is 4.88 Å². The van der Waals surface area contributed by atoms with E-state index in [-0.39, 0.29) is 21.7 Å². The van der Waals surface area contributed by atoms with Crippen molar-refractivity contribution >= 4 is 46.1 Å². The molecule has 2 N–H and O–H groups in total. The lowest BCUT2D eigenvalue weighted by Crippen LogP contribution is -2.13. The maximum absolute atomic E-state index is 11.7. The number of hydrogen-bond donors (Lipinski definition) is 2. The first-order chi connectivity index (χ1) is 8.56. The number of aromatic hydroxyl groups is 1. The summed E-state index contributed by atoms with van der Waals surface area (Å²) in [6.07, 6.45) is 0.299. The van der Waals surface area contributed by atoms with Crippen LogP contribution in [0.3, 0.4) is 0 Å². The molecule has 0 spiro atoms. The van der Waals surface area contributed by atoms with Gasteiger partial charge >= 0.3 is 0 Å². The molecule has 18 heavy (non-hydrogen) atoms. The first-order valence-electron chi connectivity index (χ1n) is 5.06. The monoisotopic (exact) mass is 301 g/mol. The van der Waals surface area contributed by atoms with Gasteiger partial charge in [-0.1, -0.05) is 29.3 Å². The number of carbonyl (C=O) groups excluding carboxylic acids is 1. The highest BCUT2D eigenvalue weighted by molar-refractivity contribution is 7.10. The topological polar surface area (TPSA) is 49.3 Å². The molecule has 0 aliphatic rings. The number of anilines is 1. The summed E-state index contributed by atoms with van der Waals surface area (Å²) in [6.45, 7) is 0. The number of hydrogen-bond acceptors (Lipinski definition) is 3. The van der Waals surface area contributed by atoms with Crippen LogP contribution < -0.4 is 5.32 Å². The van der Waals surface area contributed by atoms with Gasteiger partial charge in [0.1, 0.15) is 0 Å². The van der Waals surface area contributed by atoms with Crippen molar-refractivity contribution in [1.82, 2.24) is 0 Å². The highest BCUT2D eigenvalue weighted by atomic mass is 35.5. The molecule has 0 unspecified atom stereocenters. The third-order valence-corrected chi connectivity index (χ3v) is 3.67. The summed E-state index contributed by atoms with van der Waals surface area (Å²) in [6, 6.07) is 6.69. The van der Waals surface area contributed by atoms with Gasteiger partial charge in [-0.05, 0) is 23.6 Å². The molecule has 0 saturated carbocycles. The van der Waals surface area contributed by atoms with Gasteiger partial charge in [-0.15, -0.1) is 11.3 Å². The van der Waals surface area contributed by atoms with Gasteiger partial charge in [0.25, 0.3) is 0 Å². The molecule has 0 saturated heterocycles. The normalized spacial score (nSPS) is 10.3. The highest BCUT2D eigenvalue weighted by Crippen LogP contribution is 2.34. The zero-order valence-corrected chi connectivity index (χ0v) is 11.4. The quantitative estimate of drug-likeness (QED) is 0.844. The second-order valence-corrected chi connectivity index (χ2v) is 5.44. The van der Waals surface area contributed by atoms with Gasteiger partial charge in [-0.3, -0.25) is 4.79 Å². The van der Waals surface area contributed by atoms with Gasteiger partial charge in [0.2, 0.25) is 5.91 Å². The number of nitrogens with one attached hydrogen (secondary N) is 1. The predicted molar refractivity (Wildman–Crippen MR) is 74.8 cm³/mol. The van der Waals surface area contributed by atoms with Gasteiger partial charge in [0.15, 0.2) is 5.75 Å². The maximum atomic E-state index is 11.7. The Morgan fingerprint density at radius 1 is 1.33 bits per heavy atom. The number of thiophene rings is 1. The standard InChI is InChI=1S/C12H9Cl2NO2S/c13-9-4-7(5-10(14)12(9)17)15-11(16)6-8-2-1-3-18-8/h1-5,17H,6H2,(H,15,16). The summed E-state index contributed by atoms with van der Waals surface area (Å²) in [5.41, 5.74) is 0.462. The Morgan fingerprint density at radius 2 is 2.00 bits per heavy atom. The summed E-state index contributed by atoms with van der Waals surface area (Å²) >= 11 is 13.0. The molecule has 94 valence electrons. The van der Waals surface area contributed by atoms with Crippen molar-refractivity contribution in [3.8, 4) is 5.75 Å². The lowest BCUT2D eigenvalue weighted by molar-refractivity contribution is -0.115. The first-order valence-corrected chi connectivity index (χ1v) is 6.70. The van der Waals surface area contributed by atoms with Gasteiger partial charge < -0.3 is 10.4 Å². The van der Waals surface area contributed by atoms with Gasteiger partial charge in [-0.2, -0.15) is 0 Å². The lowest BCUT2D eigenvalue weighted by Gasteiger charge is -2.07. The van der Waals surface area contributed by atoms with Crippen LogP contribution in [0.5, 0.6) is 5.75 Å². The van der Waals surface area contributed by atoms with Crippen LogP contribution in [0.15, 0.2) is 29.6 Å². The van der Waals surface area contributed by atoms with Gasteiger partial charge in [-0.25, -0.2) is 0 Å². The van der Waals surface area contributed by atoms with Crippen LogP contribution in [0.25, 0.3) is 0 Å². The minimum atomic E-state index is -0.186. The summed E-state index contributed by atoms with van der Waals surface area (Å²) in [7, 11) is 0. The Kier molecular flexibility index (Phi) is 4.11. The van der Waals surface area contributed by atoms with Crippen molar-refractivity contribution in [2.75, 3.05) is 5.32 Å². The van der Waals surface area contributed by atoms with Crippen molar-refractivity contribution in [1.29, 1.82) is 0 Å². The van der Waals surface area contributed by atoms with Crippen LogP contribution in [0.4, 0.5) is 5.69 Å². The number of rotatable bonds is 3. The van der Waals surface area contributed by atoms with Crippen LogP contribution in [0.1, 0.15) is 4.88 Å². The number of halogens is 2. The summed E-state index contributed by atoms with van der Waals surface area (Å²) < 4.78 is 0. The molecule has 0 bridgehead atoms. The Labute approximate surface area is 118 Å². The largest absolute Gasteiger partial charge is 0.505 e. The number of phenolic OH excluding ortho intramolecular Hbond substituents is 1. The van der Waals surface area contributed by atoms with Crippen molar-refractivity contribution in [3.63, 3.8) is 0 Å². The minimum Gasteiger partial charge on any atom is -0.505 e. The van der Waals surface area contributed by atoms with Crippen LogP contribution in [0, 0.1) is 0 Å². The number of phenols is 1. The average molecular weight is 302 g/mol. The smallest absolute Gasteiger partial charge is 0.229 e. The van der Waals surface area contributed by atoms with E-state index in [1.54, 1.807) is 0 Å². The minimum absolute atomic E-state index is 0.105. The molecule has 2 rings (SSSR count). The SMILES string of the molecule is O=C(Cc1cccs1)Nc1cc(Cl)c(O)c(Cl)c1. The van der Waals surface area contributed by atoms with E-state index in [0.29, 0.717) is 12.1 Å². The molecular weight excluding hydrogens is 293 g/mol. The molecule has 6 heteroatoms. The van der Waals surface area contributed by atoms with E-state index in [1.165, 1.54) is 23.5 Å². The zero-order valence-electron chi connectivity index (χ0n) is 9.11. The third kappa shape index (κ3) is 3.16. The van der Waals surface area contributed by atoms with Crippen molar-refractivity contribution < 1.29 is 9.90 Å². The zero-order chi connectivity index (χ0) is 13.1. The molecule has 3 nitrogen and oxygen atoms in total. The molecule has 1 aromatic heterocycles. The van der Waals surface area contributed by atoms with E-state index >= 15 is 0 Å². The molecule has 1 amide bonds. The fourth-order valence-corrected chi connectivity index (χ4v) is 2.60. The van der Waals surface area contributed by atoms with Gasteiger partial charge in [0.05, 0.1) is 16.5 Å². The van der Waals surface area contributed by atoms with Crippen LogP contribution in [-0.4, -0.2) is 11.0 Å². The van der Waals surface area contributed by atoms with E-state index in [9.17, 15) is 9.90 Å². The number of benzene rings is 1. The van der Waals surface area contributed by atoms with Crippen molar-refractivity contribution in [3.05, 3.63) is 44.6 Å². The second-order valence-electron chi connectivity index (χ2n) is 3.59. The Hall–Kier alpha value is -1.23. The molecule has 0 aliphatic heterocycles.